The van der Waals surface area contributed by atoms with Crippen LogP contribution in [0, 0.1) is 5.82 Å². The molecule has 3 aromatic rings. The fourth-order valence-electron chi connectivity index (χ4n) is 2.11. The molecule has 0 aliphatic rings. The molecule has 3 rings (SSSR count). The lowest BCUT2D eigenvalue weighted by Gasteiger charge is -2.10. The van der Waals surface area contributed by atoms with Crippen molar-refractivity contribution in [1.29, 1.82) is 0 Å². The van der Waals surface area contributed by atoms with Gasteiger partial charge in [-0.15, -0.1) is 5.10 Å². The number of ether oxygens (including phenoxy) is 1. The van der Waals surface area contributed by atoms with Gasteiger partial charge in [0.05, 0.1) is 6.61 Å². The van der Waals surface area contributed by atoms with E-state index in [0.29, 0.717) is 17.5 Å². The zero-order chi connectivity index (χ0) is 16.9. The SMILES string of the molecule is CCOc1ccccc1-n1nnnc1SCc1ccc(F)cc1Br. The molecule has 0 unspecified atom stereocenters. The second kappa shape index (κ2) is 7.76. The maximum absolute atomic E-state index is 13.2. The van der Waals surface area contributed by atoms with Crippen molar-refractivity contribution in [3.8, 4) is 11.4 Å². The molecule has 2 aromatic carbocycles. The fourth-order valence-corrected chi connectivity index (χ4v) is 3.68. The third kappa shape index (κ3) is 3.76. The number of aromatic nitrogens is 4. The molecule has 0 N–H and O–H groups in total. The van der Waals surface area contributed by atoms with Crippen molar-refractivity contribution < 1.29 is 9.13 Å². The minimum atomic E-state index is -0.272. The molecule has 0 bridgehead atoms. The van der Waals surface area contributed by atoms with Gasteiger partial charge in [0.1, 0.15) is 17.3 Å². The molecule has 1 heterocycles. The molecule has 0 aliphatic heterocycles. The molecule has 0 radical (unpaired) electrons. The van der Waals surface area contributed by atoms with Gasteiger partial charge < -0.3 is 4.74 Å². The normalized spacial score (nSPS) is 10.8. The number of benzene rings is 2. The molecule has 0 fully saturated rings. The number of halogens is 2. The third-order valence-electron chi connectivity index (χ3n) is 3.21. The van der Waals surface area contributed by atoms with Crippen LogP contribution in [0.3, 0.4) is 0 Å². The number of nitrogens with zero attached hydrogens (tertiary/aromatic N) is 4. The predicted molar refractivity (Wildman–Crippen MR) is 94.0 cm³/mol. The zero-order valence-electron chi connectivity index (χ0n) is 12.8. The molecule has 24 heavy (non-hydrogen) atoms. The van der Waals surface area contributed by atoms with Crippen LogP contribution in [-0.4, -0.2) is 26.8 Å². The van der Waals surface area contributed by atoms with E-state index in [0.717, 1.165) is 21.5 Å². The number of hydrogen-bond donors (Lipinski definition) is 0. The van der Waals surface area contributed by atoms with Gasteiger partial charge in [0.15, 0.2) is 0 Å². The summed E-state index contributed by atoms with van der Waals surface area (Å²) in [4.78, 5) is 0. The Morgan fingerprint density at radius 3 is 2.88 bits per heavy atom. The van der Waals surface area contributed by atoms with Crippen LogP contribution in [0.15, 0.2) is 52.1 Å². The van der Waals surface area contributed by atoms with E-state index in [1.807, 2.05) is 31.2 Å². The number of tetrazole rings is 1. The first kappa shape index (κ1) is 16.9. The Morgan fingerprint density at radius 1 is 1.25 bits per heavy atom. The second-order valence-electron chi connectivity index (χ2n) is 4.80. The Hall–Kier alpha value is -1.93. The highest BCUT2D eigenvalue weighted by atomic mass is 79.9. The number of hydrogen-bond acceptors (Lipinski definition) is 5. The van der Waals surface area contributed by atoms with E-state index in [2.05, 4.69) is 31.5 Å². The van der Waals surface area contributed by atoms with Crippen molar-refractivity contribution >= 4 is 27.7 Å². The van der Waals surface area contributed by atoms with Crippen LogP contribution >= 0.6 is 27.7 Å². The van der Waals surface area contributed by atoms with Crippen molar-refractivity contribution in [1.82, 2.24) is 20.2 Å². The Kier molecular flexibility index (Phi) is 5.47. The largest absolute Gasteiger partial charge is 0.492 e. The Bertz CT molecular complexity index is 842. The molecule has 0 atom stereocenters. The van der Waals surface area contributed by atoms with E-state index in [1.54, 1.807) is 10.7 Å². The summed E-state index contributed by atoms with van der Waals surface area (Å²) in [6.45, 7) is 2.49. The number of para-hydroxylation sites is 2. The van der Waals surface area contributed by atoms with Crippen LogP contribution in [0.25, 0.3) is 5.69 Å². The van der Waals surface area contributed by atoms with E-state index < -0.39 is 0 Å². The van der Waals surface area contributed by atoms with E-state index in [4.69, 9.17) is 4.74 Å². The van der Waals surface area contributed by atoms with Crippen LogP contribution in [0.5, 0.6) is 5.75 Å². The van der Waals surface area contributed by atoms with Crippen LogP contribution in [0.2, 0.25) is 0 Å². The summed E-state index contributed by atoms with van der Waals surface area (Å²) < 4.78 is 21.2. The van der Waals surface area contributed by atoms with Gasteiger partial charge in [-0.25, -0.2) is 4.39 Å². The minimum absolute atomic E-state index is 0.272. The quantitative estimate of drug-likeness (QED) is 0.570. The van der Waals surface area contributed by atoms with Gasteiger partial charge in [0.2, 0.25) is 5.16 Å². The van der Waals surface area contributed by atoms with Gasteiger partial charge in [0, 0.05) is 10.2 Å². The minimum Gasteiger partial charge on any atom is -0.492 e. The molecule has 0 spiro atoms. The molecule has 5 nitrogen and oxygen atoms in total. The van der Waals surface area contributed by atoms with Crippen LogP contribution in [-0.2, 0) is 5.75 Å². The first-order chi connectivity index (χ1) is 11.7. The van der Waals surface area contributed by atoms with Gasteiger partial charge in [-0.3, -0.25) is 0 Å². The van der Waals surface area contributed by atoms with E-state index in [9.17, 15) is 4.39 Å². The summed E-state index contributed by atoms with van der Waals surface area (Å²) in [5.74, 6) is 1.06. The van der Waals surface area contributed by atoms with Crippen molar-refractivity contribution in [2.24, 2.45) is 0 Å². The molecule has 124 valence electrons. The molecule has 0 saturated carbocycles. The summed E-state index contributed by atoms with van der Waals surface area (Å²) in [5, 5.41) is 12.5. The van der Waals surface area contributed by atoms with Crippen LogP contribution in [0.4, 0.5) is 4.39 Å². The lowest BCUT2D eigenvalue weighted by Crippen LogP contribution is -2.03. The van der Waals surface area contributed by atoms with Gasteiger partial charge >= 0.3 is 0 Å². The Morgan fingerprint density at radius 2 is 2.08 bits per heavy atom. The van der Waals surface area contributed by atoms with Crippen LogP contribution < -0.4 is 4.74 Å². The third-order valence-corrected chi connectivity index (χ3v) is 4.91. The molecule has 0 amide bonds. The highest BCUT2D eigenvalue weighted by molar-refractivity contribution is 9.10. The summed E-state index contributed by atoms with van der Waals surface area (Å²) in [7, 11) is 0. The van der Waals surface area contributed by atoms with Gasteiger partial charge in [-0.2, -0.15) is 4.68 Å². The first-order valence-corrected chi connectivity index (χ1v) is 9.04. The first-order valence-electron chi connectivity index (χ1n) is 7.26. The van der Waals surface area contributed by atoms with Crippen molar-refractivity contribution in [3.05, 3.63) is 58.3 Å². The Labute approximate surface area is 151 Å². The predicted octanol–water partition coefficient (Wildman–Crippen LogP) is 4.25. The zero-order valence-corrected chi connectivity index (χ0v) is 15.2. The maximum Gasteiger partial charge on any atom is 0.214 e. The maximum atomic E-state index is 13.2. The average Bonchev–Trinajstić information content (AvgIpc) is 3.03. The monoisotopic (exact) mass is 408 g/mol. The topological polar surface area (TPSA) is 52.8 Å². The van der Waals surface area contributed by atoms with E-state index >= 15 is 0 Å². The lowest BCUT2D eigenvalue weighted by molar-refractivity contribution is 0.337. The van der Waals surface area contributed by atoms with Crippen molar-refractivity contribution in [2.45, 2.75) is 17.8 Å². The van der Waals surface area contributed by atoms with Gasteiger partial charge in [-0.05, 0) is 47.2 Å². The number of thioether (sulfide) groups is 1. The van der Waals surface area contributed by atoms with Gasteiger partial charge in [-0.1, -0.05) is 45.9 Å². The lowest BCUT2D eigenvalue weighted by atomic mass is 10.2. The average molecular weight is 409 g/mol. The second-order valence-corrected chi connectivity index (χ2v) is 6.60. The van der Waals surface area contributed by atoms with Crippen molar-refractivity contribution in [2.75, 3.05) is 6.61 Å². The molecule has 8 heteroatoms. The summed E-state index contributed by atoms with van der Waals surface area (Å²) in [6.07, 6.45) is 0. The highest BCUT2D eigenvalue weighted by Gasteiger charge is 2.14. The molecule has 1 aromatic heterocycles. The summed E-state index contributed by atoms with van der Waals surface area (Å²) in [5.41, 5.74) is 1.75. The molecular weight excluding hydrogens is 395 g/mol. The molecule has 0 saturated heterocycles. The van der Waals surface area contributed by atoms with Gasteiger partial charge in [0.25, 0.3) is 0 Å². The fraction of sp³-hybridized carbons (Fsp3) is 0.188. The van der Waals surface area contributed by atoms with Crippen molar-refractivity contribution in [3.63, 3.8) is 0 Å². The smallest absolute Gasteiger partial charge is 0.214 e. The standard InChI is InChI=1S/C16H14BrFN4OS/c1-2-23-15-6-4-3-5-14(15)22-16(19-20-21-22)24-10-11-7-8-12(18)9-13(11)17/h3-9H,2,10H2,1H3. The Balaban J connectivity index is 1.83. The summed E-state index contributed by atoms with van der Waals surface area (Å²) >= 11 is 4.84. The molecule has 0 aliphatic carbocycles. The number of rotatable bonds is 6. The van der Waals surface area contributed by atoms with Crippen LogP contribution in [0.1, 0.15) is 12.5 Å². The highest BCUT2D eigenvalue weighted by Crippen LogP contribution is 2.29. The summed E-state index contributed by atoms with van der Waals surface area (Å²) in [6, 6.07) is 12.2. The molecular formula is C16H14BrFN4OS. The van der Waals surface area contributed by atoms with E-state index in [1.165, 1.54) is 23.9 Å². The van der Waals surface area contributed by atoms with E-state index in [-0.39, 0.29) is 5.82 Å².